The first-order chi connectivity index (χ1) is 27.9. The standard InChI is InChI=1S/C44H81O13P/c1-3-5-7-9-11-13-15-17-19-21-22-24-26-28-30-32-37(45)54-34-36(35-55-58(52,53)57-44-42(50)40(48)39(47)41(49)43(44)51)56-38(46)33-31-29-27-25-23-20-18-16-14-12-10-8-6-4-2/h9,11,16,18,36,39-44,47-51H,3-8,10,12-15,17,19-35H2,1-2H3,(H,52,53)/b11-9+,18-16+/t36-,39?,40-,41?,42?,43?,44?/m0/s1. The summed E-state index contributed by atoms with van der Waals surface area (Å²) in [4.78, 5) is 35.6. The molecule has 1 aliphatic carbocycles. The van der Waals surface area contributed by atoms with Crippen LogP contribution in [-0.4, -0.2) is 98.3 Å². The molecule has 0 heterocycles. The van der Waals surface area contributed by atoms with Crippen LogP contribution in [0.4, 0.5) is 0 Å². The molecule has 14 heteroatoms. The molecule has 0 aromatic rings. The number of carbonyl (C=O) groups is 2. The largest absolute Gasteiger partial charge is 0.472 e. The number of aliphatic hydroxyl groups excluding tert-OH is 5. The minimum Gasteiger partial charge on any atom is -0.462 e. The van der Waals surface area contributed by atoms with E-state index in [9.17, 15) is 44.6 Å². The summed E-state index contributed by atoms with van der Waals surface area (Å²) in [5.41, 5.74) is 0. The second-order valence-corrected chi connectivity index (χ2v) is 17.3. The van der Waals surface area contributed by atoms with Crippen molar-refractivity contribution >= 4 is 19.8 Å². The molecule has 13 nitrogen and oxygen atoms in total. The average Bonchev–Trinajstić information content (AvgIpc) is 3.20. The van der Waals surface area contributed by atoms with Crippen LogP contribution < -0.4 is 0 Å². The normalized spacial score (nSPS) is 22.7. The van der Waals surface area contributed by atoms with Crippen LogP contribution in [0.3, 0.4) is 0 Å². The van der Waals surface area contributed by atoms with Gasteiger partial charge in [0.15, 0.2) is 6.10 Å². The fraction of sp³-hybridized carbons (Fsp3) is 0.864. The van der Waals surface area contributed by atoms with Crippen LogP contribution in [-0.2, 0) is 32.7 Å². The second kappa shape index (κ2) is 35.0. The zero-order valence-corrected chi connectivity index (χ0v) is 36.7. The molecule has 1 saturated carbocycles. The van der Waals surface area contributed by atoms with Gasteiger partial charge >= 0.3 is 19.8 Å². The number of esters is 2. The van der Waals surface area contributed by atoms with Gasteiger partial charge < -0.3 is 39.9 Å². The smallest absolute Gasteiger partial charge is 0.462 e. The summed E-state index contributed by atoms with van der Waals surface area (Å²) in [6.07, 6.45) is 23.7. The van der Waals surface area contributed by atoms with Crippen LogP contribution in [0.25, 0.3) is 0 Å². The number of carbonyl (C=O) groups excluding carboxylic acids is 2. The summed E-state index contributed by atoms with van der Waals surface area (Å²) in [7, 11) is -5.11. The molecule has 58 heavy (non-hydrogen) atoms. The van der Waals surface area contributed by atoms with Crippen molar-refractivity contribution in [2.45, 2.75) is 230 Å². The van der Waals surface area contributed by atoms with E-state index in [1.165, 1.54) is 83.5 Å². The number of rotatable bonds is 37. The molecule has 8 atom stereocenters. The minimum atomic E-state index is -5.11. The Hall–Kier alpha value is -1.67. The van der Waals surface area contributed by atoms with Crippen LogP contribution >= 0.6 is 7.82 Å². The number of hydrogen-bond donors (Lipinski definition) is 6. The molecule has 0 spiro atoms. The highest BCUT2D eigenvalue weighted by Crippen LogP contribution is 2.47. The first kappa shape index (κ1) is 54.3. The van der Waals surface area contributed by atoms with Crippen molar-refractivity contribution in [3.05, 3.63) is 24.3 Å². The Kier molecular flexibility index (Phi) is 32.8. The monoisotopic (exact) mass is 849 g/mol. The van der Waals surface area contributed by atoms with Crippen LogP contribution in [0, 0.1) is 0 Å². The van der Waals surface area contributed by atoms with Crippen LogP contribution in [0.15, 0.2) is 24.3 Å². The Labute approximate surface area is 349 Å². The van der Waals surface area contributed by atoms with Gasteiger partial charge in [-0.15, -0.1) is 0 Å². The summed E-state index contributed by atoms with van der Waals surface area (Å²) >= 11 is 0. The summed E-state index contributed by atoms with van der Waals surface area (Å²) in [6.45, 7) is 3.25. The fourth-order valence-corrected chi connectivity index (χ4v) is 7.76. The predicted octanol–water partition coefficient (Wildman–Crippen LogP) is 8.45. The van der Waals surface area contributed by atoms with Gasteiger partial charge in [0, 0.05) is 12.8 Å². The van der Waals surface area contributed by atoms with Gasteiger partial charge in [0.25, 0.3) is 0 Å². The van der Waals surface area contributed by atoms with Gasteiger partial charge in [-0.3, -0.25) is 18.6 Å². The SMILES string of the molecule is CCCC/C=C/CCCCCCCCCCCC(=O)OC[C@@H](COP(=O)(O)OC1C(O)C(O)C(O)[C@H](O)C1O)OC(=O)CCCCCCC/C=C/CCCCCCC. The summed E-state index contributed by atoms with van der Waals surface area (Å²) < 4.78 is 33.5. The second-order valence-electron chi connectivity index (χ2n) is 15.9. The molecule has 6 N–H and O–H groups in total. The molecular formula is C44H81O13P. The number of unbranched alkanes of at least 4 members (excludes halogenated alkanes) is 21. The molecule has 6 unspecified atom stereocenters. The Bertz CT molecular complexity index is 1120. The van der Waals surface area contributed by atoms with E-state index >= 15 is 0 Å². The molecular weight excluding hydrogens is 767 g/mol. The van der Waals surface area contributed by atoms with Crippen molar-refractivity contribution in [1.29, 1.82) is 0 Å². The van der Waals surface area contributed by atoms with E-state index in [4.69, 9.17) is 18.5 Å². The van der Waals surface area contributed by atoms with Crippen molar-refractivity contribution in [3.8, 4) is 0 Å². The summed E-state index contributed by atoms with van der Waals surface area (Å²) in [6, 6.07) is 0. The van der Waals surface area contributed by atoms with Crippen molar-refractivity contribution < 1.29 is 63.1 Å². The van der Waals surface area contributed by atoms with Crippen LogP contribution in [0.1, 0.15) is 187 Å². The molecule has 1 aliphatic rings. The van der Waals surface area contributed by atoms with E-state index in [1.807, 2.05) is 0 Å². The maximum absolute atomic E-state index is 12.8. The zero-order chi connectivity index (χ0) is 42.9. The number of allylic oxidation sites excluding steroid dienone is 4. The number of aliphatic hydroxyl groups is 5. The fourth-order valence-electron chi connectivity index (χ4n) is 6.79. The van der Waals surface area contributed by atoms with Gasteiger partial charge in [0.05, 0.1) is 6.61 Å². The minimum absolute atomic E-state index is 0.0880. The number of hydrogen-bond acceptors (Lipinski definition) is 12. The molecule has 0 aliphatic heterocycles. The van der Waals surface area contributed by atoms with E-state index in [1.54, 1.807) is 0 Å². The topological polar surface area (TPSA) is 210 Å². The molecule has 0 saturated heterocycles. The van der Waals surface area contributed by atoms with Crippen molar-refractivity contribution in [3.63, 3.8) is 0 Å². The van der Waals surface area contributed by atoms with E-state index in [2.05, 4.69) is 38.2 Å². The molecule has 340 valence electrons. The Morgan fingerprint density at radius 2 is 0.897 bits per heavy atom. The maximum Gasteiger partial charge on any atom is 0.472 e. The number of phosphoric acid groups is 1. The van der Waals surface area contributed by atoms with E-state index in [-0.39, 0.29) is 12.8 Å². The van der Waals surface area contributed by atoms with Crippen LogP contribution in [0.5, 0.6) is 0 Å². The van der Waals surface area contributed by atoms with Crippen LogP contribution in [0.2, 0.25) is 0 Å². The molecule has 0 aromatic heterocycles. The molecule has 0 aromatic carbocycles. The van der Waals surface area contributed by atoms with Crippen molar-refractivity contribution in [1.82, 2.24) is 0 Å². The van der Waals surface area contributed by atoms with Gasteiger partial charge in [0.2, 0.25) is 0 Å². The third-order valence-electron chi connectivity index (χ3n) is 10.5. The number of ether oxygens (including phenoxy) is 2. The number of phosphoric ester groups is 1. The van der Waals surface area contributed by atoms with Gasteiger partial charge in [-0.1, -0.05) is 141 Å². The first-order valence-corrected chi connectivity index (χ1v) is 24.1. The van der Waals surface area contributed by atoms with E-state index in [0.717, 1.165) is 64.2 Å². The molecule has 1 fully saturated rings. The van der Waals surface area contributed by atoms with Gasteiger partial charge in [-0.2, -0.15) is 0 Å². The third kappa shape index (κ3) is 27.2. The Balaban J connectivity index is 2.47. The summed E-state index contributed by atoms with van der Waals surface area (Å²) in [5, 5.41) is 50.1. The summed E-state index contributed by atoms with van der Waals surface area (Å²) in [5.74, 6) is -1.11. The molecule has 0 radical (unpaired) electrons. The molecule has 0 amide bonds. The highest BCUT2D eigenvalue weighted by atomic mass is 31.2. The maximum atomic E-state index is 12.8. The lowest BCUT2D eigenvalue weighted by atomic mass is 9.85. The predicted molar refractivity (Wildman–Crippen MR) is 226 cm³/mol. The molecule has 1 rings (SSSR count). The molecule has 0 bridgehead atoms. The quantitative estimate of drug-likeness (QED) is 0.0150. The first-order valence-electron chi connectivity index (χ1n) is 22.6. The third-order valence-corrected chi connectivity index (χ3v) is 11.5. The van der Waals surface area contributed by atoms with E-state index < -0.39 is 75.7 Å². The zero-order valence-electron chi connectivity index (χ0n) is 35.8. The van der Waals surface area contributed by atoms with E-state index in [0.29, 0.717) is 12.8 Å². The Morgan fingerprint density at radius 1 is 0.517 bits per heavy atom. The lowest BCUT2D eigenvalue weighted by molar-refractivity contribution is -0.220. The van der Waals surface area contributed by atoms with Crippen molar-refractivity contribution in [2.24, 2.45) is 0 Å². The lowest BCUT2D eigenvalue weighted by Crippen LogP contribution is -2.64. The van der Waals surface area contributed by atoms with Gasteiger partial charge in [0.1, 0.15) is 43.2 Å². The lowest BCUT2D eigenvalue weighted by Gasteiger charge is -2.41. The average molecular weight is 849 g/mol. The highest BCUT2D eigenvalue weighted by molar-refractivity contribution is 7.47. The van der Waals surface area contributed by atoms with Gasteiger partial charge in [-0.25, -0.2) is 4.57 Å². The van der Waals surface area contributed by atoms with Gasteiger partial charge in [-0.05, 0) is 57.8 Å². The highest BCUT2D eigenvalue weighted by Gasteiger charge is 2.51. The Morgan fingerprint density at radius 3 is 1.36 bits per heavy atom. The van der Waals surface area contributed by atoms with Crippen molar-refractivity contribution in [2.75, 3.05) is 13.2 Å².